The second kappa shape index (κ2) is 15.2. The lowest BCUT2D eigenvalue weighted by atomic mass is 10.3. The van der Waals surface area contributed by atoms with Crippen molar-refractivity contribution in [3.8, 4) is 0 Å². The third kappa shape index (κ3) is 6.56. The molecule has 46 heavy (non-hydrogen) atoms. The first-order chi connectivity index (χ1) is 22.8. The van der Waals surface area contributed by atoms with Gasteiger partial charge in [-0.1, -0.05) is 182 Å². The Bertz CT molecular complexity index is 1490. The lowest BCUT2D eigenvalue weighted by Crippen LogP contribution is -2.70. The summed E-state index contributed by atoms with van der Waals surface area (Å²) in [4.78, 5) is 0. The Morgan fingerprint density at radius 3 is 0.696 bits per heavy atom. The van der Waals surface area contributed by atoms with Crippen molar-refractivity contribution < 1.29 is 9.05 Å². The van der Waals surface area contributed by atoms with Crippen LogP contribution in [0, 0.1) is 0 Å². The summed E-state index contributed by atoms with van der Waals surface area (Å²) < 4.78 is 13.5. The molecule has 0 bridgehead atoms. The van der Waals surface area contributed by atoms with Crippen LogP contribution in [0.4, 0.5) is 0 Å². The van der Waals surface area contributed by atoms with Gasteiger partial charge in [0.1, 0.15) is 0 Å². The minimum atomic E-state index is -2.86. The SMILES string of the molecule is C(C=CNO[Si](c1ccccc1)(c1ccccc1)c1ccccc1)=CNO[Si](c1ccccc1)(c1ccccc1)c1ccccc1. The highest BCUT2D eigenvalue weighted by atomic mass is 28.4. The number of benzene rings is 6. The molecule has 2 N–H and O–H groups in total. The van der Waals surface area contributed by atoms with E-state index in [1.165, 1.54) is 0 Å². The normalized spacial score (nSPS) is 11.9. The zero-order chi connectivity index (χ0) is 31.3. The van der Waals surface area contributed by atoms with E-state index in [0.717, 1.165) is 31.1 Å². The minimum absolute atomic E-state index is 1.16. The Balaban J connectivity index is 1.23. The molecule has 0 fully saturated rings. The molecule has 0 atom stereocenters. The molecule has 0 radical (unpaired) electrons. The monoisotopic (exact) mass is 632 g/mol. The van der Waals surface area contributed by atoms with Crippen molar-refractivity contribution in [2.24, 2.45) is 0 Å². The van der Waals surface area contributed by atoms with Crippen LogP contribution in [-0.2, 0) is 9.05 Å². The number of hydrogen-bond acceptors (Lipinski definition) is 4. The standard InChI is InChI=1S/C40H36N2O2Si2/c1-7-21-35(22-8-1)45(36-23-9-2-10-24-36,37-25-11-3-12-26-37)43-41-33-19-20-34-42-44-46(38-27-13-4-14-28-38,39-29-15-5-16-30-39)40-31-17-6-18-32-40/h1-34,41-42H. The van der Waals surface area contributed by atoms with Crippen LogP contribution in [0.5, 0.6) is 0 Å². The van der Waals surface area contributed by atoms with Gasteiger partial charge in [-0.05, 0) is 43.3 Å². The maximum absolute atomic E-state index is 6.75. The van der Waals surface area contributed by atoms with Gasteiger partial charge >= 0.3 is 16.6 Å². The van der Waals surface area contributed by atoms with Gasteiger partial charge in [-0.15, -0.1) is 0 Å². The van der Waals surface area contributed by atoms with Crippen molar-refractivity contribution in [1.29, 1.82) is 0 Å². The second-order valence-electron chi connectivity index (χ2n) is 10.7. The lowest BCUT2D eigenvalue weighted by Gasteiger charge is -2.32. The van der Waals surface area contributed by atoms with Crippen LogP contribution in [0.3, 0.4) is 0 Å². The molecule has 4 nitrogen and oxygen atoms in total. The summed E-state index contributed by atoms with van der Waals surface area (Å²) in [7, 11) is -5.72. The summed E-state index contributed by atoms with van der Waals surface area (Å²) >= 11 is 0. The summed E-state index contributed by atoms with van der Waals surface area (Å²) in [5.41, 5.74) is 6.35. The molecule has 6 heteroatoms. The first kappa shape index (κ1) is 30.8. The van der Waals surface area contributed by atoms with Gasteiger partial charge in [-0.2, -0.15) is 0 Å². The van der Waals surface area contributed by atoms with Gasteiger partial charge in [0, 0.05) is 12.4 Å². The predicted molar refractivity (Wildman–Crippen MR) is 195 cm³/mol. The third-order valence-corrected chi connectivity index (χ3v) is 15.7. The fourth-order valence-corrected chi connectivity index (χ4v) is 13.0. The van der Waals surface area contributed by atoms with Crippen LogP contribution < -0.4 is 42.1 Å². The zero-order valence-corrected chi connectivity index (χ0v) is 27.4. The molecule has 0 heterocycles. The summed E-state index contributed by atoms with van der Waals surface area (Å²) in [5, 5.41) is 6.93. The number of hydroxylamine groups is 2. The summed E-state index contributed by atoms with van der Waals surface area (Å²) in [5.74, 6) is 0. The molecule has 0 unspecified atom stereocenters. The van der Waals surface area contributed by atoms with Crippen LogP contribution in [0.25, 0.3) is 0 Å². The Kier molecular flexibility index (Phi) is 10.1. The first-order valence-electron chi connectivity index (χ1n) is 15.4. The average Bonchev–Trinajstić information content (AvgIpc) is 3.15. The lowest BCUT2D eigenvalue weighted by molar-refractivity contribution is 0.244. The Morgan fingerprint density at radius 1 is 0.304 bits per heavy atom. The third-order valence-electron chi connectivity index (χ3n) is 7.95. The number of rotatable bonds is 13. The van der Waals surface area contributed by atoms with E-state index in [-0.39, 0.29) is 0 Å². The maximum Gasteiger partial charge on any atom is 0.321 e. The summed E-state index contributed by atoms with van der Waals surface area (Å²) in [6.07, 6.45) is 7.41. The molecule has 226 valence electrons. The highest BCUT2D eigenvalue weighted by molar-refractivity contribution is 7.07. The van der Waals surface area contributed by atoms with Gasteiger partial charge in [0.15, 0.2) is 0 Å². The molecule has 0 saturated carbocycles. The molecule has 0 aliphatic heterocycles. The minimum Gasteiger partial charge on any atom is -0.306 e. The molecule has 6 rings (SSSR count). The summed E-state index contributed by atoms with van der Waals surface area (Å²) in [6.45, 7) is 0. The summed E-state index contributed by atoms with van der Waals surface area (Å²) in [6, 6.07) is 62.9. The number of hydrogen-bond donors (Lipinski definition) is 2. The van der Waals surface area contributed by atoms with E-state index in [4.69, 9.17) is 9.05 Å². The molecule has 6 aromatic rings. The van der Waals surface area contributed by atoms with E-state index in [1.54, 1.807) is 0 Å². The van der Waals surface area contributed by atoms with Gasteiger partial charge < -0.3 is 9.05 Å². The van der Waals surface area contributed by atoms with Crippen molar-refractivity contribution >= 4 is 47.8 Å². The molecule has 0 aliphatic rings. The molecule has 0 saturated heterocycles. The number of nitrogens with one attached hydrogen (secondary N) is 2. The Labute approximate surface area is 273 Å². The number of allylic oxidation sites excluding steroid dienone is 2. The fraction of sp³-hybridized carbons (Fsp3) is 0. The van der Waals surface area contributed by atoms with Crippen LogP contribution in [0.1, 0.15) is 0 Å². The smallest absolute Gasteiger partial charge is 0.306 e. The zero-order valence-electron chi connectivity index (χ0n) is 25.4. The van der Waals surface area contributed by atoms with E-state index in [0.29, 0.717) is 0 Å². The van der Waals surface area contributed by atoms with Gasteiger partial charge in [0.05, 0.1) is 0 Å². The molecule has 0 aliphatic carbocycles. The Morgan fingerprint density at radius 2 is 0.500 bits per heavy atom. The topological polar surface area (TPSA) is 42.5 Å². The van der Waals surface area contributed by atoms with Crippen LogP contribution >= 0.6 is 0 Å². The second-order valence-corrected chi connectivity index (χ2v) is 17.3. The van der Waals surface area contributed by atoms with Gasteiger partial charge in [0.2, 0.25) is 0 Å². The molecular formula is C40H36N2O2Si2. The van der Waals surface area contributed by atoms with E-state index >= 15 is 0 Å². The first-order valence-corrected chi connectivity index (χ1v) is 19.2. The fourth-order valence-electron chi connectivity index (χ4n) is 5.83. The van der Waals surface area contributed by atoms with Crippen LogP contribution in [0.2, 0.25) is 0 Å². The molecule has 0 spiro atoms. The van der Waals surface area contributed by atoms with Crippen molar-refractivity contribution in [3.05, 3.63) is 207 Å². The maximum atomic E-state index is 6.75. The van der Waals surface area contributed by atoms with E-state index in [1.807, 2.05) is 61.0 Å². The van der Waals surface area contributed by atoms with Crippen LogP contribution in [0.15, 0.2) is 207 Å². The van der Waals surface area contributed by atoms with E-state index < -0.39 is 16.6 Å². The van der Waals surface area contributed by atoms with Crippen molar-refractivity contribution in [1.82, 2.24) is 11.0 Å². The van der Waals surface area contributed by atoms with E-state index in [2.05, 4.69) is 157 Å². The Hall–Kier alpha value is -5.25. The van der Waals surface area contributed by atoms with Crippen LogP contribution in [-0.4, -0.2) is 16.6 Å². The van der Waals surface area contributed by atoms with Crippen molar-refractivity contribution in [2.45, 2.75) is 0 Å². The van der Waals surface area contributed by atoms with Gasteiger partial charge in [0.25, 0.3) is 0 Å². The van der Waals surface area contributed by atoms with Gasteiger partial charge in [-0.25, -0.2) is 0 Å². The predicted octanol–water partition coefficient (Wildman–Crippen LogP) is 4.39. The van der Waals surface area contributed by atoms with Gasteiger partial charge in [-0.3, -0.25) is 11.0 Å². The van der Waals surface area contributed by atoms with Crippen molar-refractivity contribution in [2.75, 3.05) is 0 Å². The molecule has 6 aromatic carbocycles. The molecular weight excluding hydrogens is 597 g/mol. The molecule has 0 amide bonds. The quantitative estimate of drug-likeness (QED) is 0.0859. The largest absolute Gasteiger partial charge is 0.321 e. The average molecular weight is 633 g/mol. The van der Waals surface area contributed by atoms with Crippen molar-refractivity contribution in [3.63, 3.8) is 0 Å². The highest BCUT2D eigenvalue weighted by Crippen LogP contribution is 2.10. The van der Waals surface area contributed by atoms with E-state index in [9.17, 15) is 0 Å². The highest BCUT2D eigenvalue weighted by Gasteiger charge is 2.44. The molecule has 0 aromatic heterocycles.